The lowest BCUT2D eigenvalue weighted by Gasteiger charge is -2.47. The van der Waals surface area contributed by atoms with Gasteiger partial charge in [0.1, 0.15) is 11.4 Å². The average molecular weight is 330 g/mol. The number of aryl methyl sites for hydroxylation is 1. The van der Waals surface area contributed by atoms with Crippen LogP contribution in [0.3, 0.4) is 0 Å². The van der Waals surface area contributed by atoms with Gasteiger partial charge < -0.3 is 9.64 Å². The molecular weight excluding hydrogens is 314 g/mol. The van der Waals surface area contributed by atoms with Crippen LogP contribution in [0.25, 0.3) is 0 Å². The minimum atomic E-state index is -0.404. The summed E-state index contributed by atoms with van der Waals surface area (Å²) >= 11 is 5.87. The summed E-state index contributed by atoms with van der Waals surface area (Å²) in [7, 11) is 0. The molecule has 5 nitrogen and oxygen atoms in total. The number of benzene rings is 1. The number of likely N-dealkylation sites (tertiary alicyclic amines) is 1. The van der Waals surface area contributed by atoms with Crippen LogP contribution in [0.1, 0.15) is 22.6 Å². The third kappa shape index (κ3) is 2.50. The lowest BCUT2D eigenvalue weighted by Crippen LogP contribution is -2.61. The lowest BCUT2D eigenvalue weighted by atomic mass is 9.87. The fraction of sp³-hybridized carbons (Fsp3) is 0.353. The third-order valence-corrected chi connectivity index (χ3v) is 4.73. The van der Waals surface area contributed by atoms with Crippen LogP contribution in [-0.4, -0.2) is 33.9 Å². The average Bonchev–Trinajstić information content (AvgIpc) is 2.86. The fourth-order valence-electron chi connectivity index (χ4n) is 3.19. The van der Waals surface area contributed by atoms with E-state index in [4.69, 9.17) is 16.3 Å². The smallest absolute Gasteiger partial charge is 0.227 e. The molecule has 0 atom stereocenters. The zero-order chi connectivity index (χ0) is 16.0. The van der Waals surface area contributed by atoms with E-state index in [1.807, 2.05) is 30.2 Å². The van der Waals surface area contributed by atoms with Crippen molar-refractivity contribution in [2.24, 2.45) is 0 Å². The van der Waals surface area contributed by atoms with Crippen LogP contribution in [-0.2, 0) is 28.2 Å². The van der Waals surface area contributed by atoms with Gasteiger partial charge in [-0.25, -0.2) is 9.97 Å². The van der Waals surface area contributed by atoms with Crippen molar-refractivity contribution in [1.29, 1.82) is 0 Å². The minimum absolute atomic E-state index is 0.100. The molecule has 0 bridgehead atoms. The number of fused-ring (bicyclic) bond motifs is 2. The second-order valence-corrected chi connectivity index (χ2v) is 6.55. The van der Waals surface area contributed by atoms with Crippen molar-refractivity contribution >= 4 is 17.5 Å². The summed E-state index contributed by atoms with van der Waals surface area (Å²) < 4.78 is 5.93. The zero-order valence-electron chi connectivity index (χ0n) is 12.8. The van der Waals surface area contributed by atoms with Gasteiger partial charge in [0.2, 0.25) is 5.91 Å². The first-order valence-electron chi connectivity index (χ1n) is 7.55. The lowest BCUT2D eigenvalue weighted by molar-refractivity contribution is -0.168. The molecule has 118 valence electrons. The Kier molecular flexibility index (Phi) is 3.36. The summed E-state index contributed by atoms with van der Waals surface area (Å²) in [5.74, 6) is 0.849. The highest BCUT2D eigenvalue weighted by molar-refractivity contribution is 6.30. The molecule has 6 heteroatoms. The molecule has 4 rings (SSSR count). The molecule has 0 saturated carbocycles. The van der Waals surface area contributed by atoms with Crippen LogP contribution < -0.4 is 0 Å². The molecule has 1 saturated heterocycles. The van der Waals surface area contributed by atoms with Crippen LogP contribution in [0.4, 0.5) is 0 Å². The normalized spacial score (nSPS) is 17.9. The van der Waals surface area contributed by atoms with E-state index in [-0.39, 0.29) is 5.91 Å². The molecular formula is C17H16ClN3O2. The van der Waals surface area contributed by atoms with Gasteiger partial charge in [-0.05, 0) is 24.6 Å². The summed E-state index contributed by atoms with van der Waals surface area (Å²) in [5.41, 5.74) is 2.53. The number of hydrogen-bond donors (Lipinski definition) is 0. The molecule has 1 aromatic heterocycles. The molecule has 2 aromatic rings. The molecule has 0 unspecified atom stereocenters. The maximum atomic E-state index is 12.4. The van der Waals surface area contributed by atoms with E-state index < -0.39 is 5.60 Å². The first kappa shape index (κ1) is 14.6. The molecule has 23 heavy (non-hydrogen) atoms. The Hall–Kier alpha value is -1.98. The molecule has 3 heterocycles. The monoisotopic (exact) mass is 329 g/mol. The summed E-state index contributed by atoms with van der Waals surface area (Å²) in [5, 5.41) is 0.676. The molecule has 0 radical (unpaired) electrons. The van der Waals surface area contributed by atoms with Crippen molar-refractivity contribution in [1.82, 2.24) is 14.9 Å². The van der Waals surface area contributed by atoms with E-state index in [9.17, 15) is 4.79 Å². The van der Waals surface area contributed by atoms with Crippen molar-refractivity contribution in [2.45, 2.75) is 25.6 Å². The van der Waals surface area contributed by atoms with E-state index in [1.165, 1.54) is 0 Å². The Morgan fingerprint density at radius 3 is 2.83 bits per heavy atom. The van der Waals surface area contributed by atoms with Gasteiger partial charge in [0.25, 0.3) is 0 Å². The van der Waals surface area contributed by atoms with E-state index in [0.29, 0.717) is 31.1 Å². The fourth-order valence-corrected chi connectivity index (χ4v) is 3.31. The van der Waals surface area contributed by atoms with E-state index >= 15 is 0 Å². The number of ether oxygens (including phenoxy) is 1. The van der Waals surface area contributed by atoms with Gasteiger partial charge >= 0.3 is 0 Å². The van der Waals surface area contributed by atoms with E-state index in [2.05, 4.69) is 9.97 Å². The molecule has 1 amide bonds. The predicted molar refractivity (Wildman–Crippen MR) is 85.0 cm³/mol. The number of nitrogens with zero attached hydrogens (tertiary/aromatic N) is 3. The standard InChI is InChI=1S/C17H16ClN3O2/c1-11-19-7-14-15(20-11)8-23-17(14)9-21(10-17)16(22)6-12-2-4-13(18)5-3-12/h2-5,7H,6,8-10H2,1H3. The second-order valence-electron chi connectivity index (χ2n) is 6.11. The third-order valence-electron chi connectivity index (χ3n) is 4.48. The number of aromatic nitrogens is 2. The van der Waals surface area contributed by atoms with Crippen LogP contribution in [0.2, 0.25) is 5.02 Å². The Balaban J connectivity index is 1.44. The van der Waals surface area contributed by atoms with Gasteiger partial charge in [-0.15, -0.1) is 0 Å². The summed E-state index contributed by atoms with van der Waals surface area (Å²) in [6.45, 7) is 3.50. The quantitative estimate of drug-likeness (QED) is 0.848. The molecule has 1 spiro atoms. The Morgan fingerprint density at radius 2 is 2.09 bits per heavy atom. The minimum Gasteiger partial charge on any atom is -0.360 e. The largest absolute Gasteiger partial charge is 0.360 e. The molecule has 0 aliphatic carbocycles. The highest BCUT2D eigenvalue weighted by Gasteiger charge is 2.52. The number of carbonyl (C=O) groups is 1. The summed E-state index contributed by atoms with van der Waals surface area (Å²) in [6.07, 6.45) is 2.22. The van der Waals surface area contributed by atoms with Gasteiger partial charge in [0.05, 0.1) is 31.8 Å². The number of hydrogen-bond acceptors (Lipinski definition) is 4. The van der Waals surface area contributed by atoms with Crippen molar-refractivity contribution in [3.63, 3.8) is 0 Å². The highest BCUT2D eigenvalue weighted by Crippen LogP contribution is 2.42. The first-order valence-corrected chi connectivity index (χ1v) is 7.93. The van der Waals surface area contributed by atoms with Crippen molar-refractivity contribution in [3.8, 4) is 0 Å². The van der Waals surface area contributed by atoms with Crippen LogP contribution >= 0.6 is 11.6 Å². The molecule has 2 aliphatic rings. The maximum Gasteiger partial charge on any atom is 0.227 e. The Morgan fingerprint density at radius 1 is 1.35 bits per heavy atom. The molecule has 1 fully saturated rings. The zero-order valence-corrected chi connectivity index (χ0v) is 13.5. The number of halogens is 1. The second kappa shape index (κ2) is 5.28. The topological polar surface area (TPSA) is 55.3 Å². The van der Waals surface area contributed by atoms with Gasteiger partial charge in [-0.3, -0.25) is 4.79 Å². The van der Waals surface area contributed by atoms with Gasteiger partial charge in [0.15, 0.2) is 0 Å². The Labute approximate surface area is 139 Å². The highest BCUT2D eigenvalue weighted by atomic mass is 35.5. The molecule has 0 N–H and O–H groups in total. The van der Waals surface area contributed by atoms with Crippen molar-refractivity contribution in [2.75, 3.05) is 13.1 Å². The van der Waals surface area contributed by atoms with Gasteiger partial charge in [0, 0.05) is 16.8 Å². The van der Waals surface area contributed by atoms with Gasteiger partial charge in [-0.1, -0.05) is 23.7 Å². The van der Waals surface area contributed by atoms with Crippen LogP contribution in [0, 0.1) is 6.92 Å². The molecule has 2 aliphatic heterocycles. The maximum absolute atomic E-state index is 12.4. The number of carbonyl (C=O) groups excluding carboxylic acids is 1. The number of amides is 1. The van der Waals surface area contributed by atoms with Crippen LogP contribution in [0.15, 0.2) is 30.5 Å². The predicted octanol–water partition coefficient (Wildman–Crippen LogP) is 2.25. The van der Waals surface area contributed by atoms with Crippen LogP contribution in [0.5, 0.6) is 0 Å². The summed E-state index contributed by atoms with van der Waals surface area (Å²) in [6, 6.07) is 7.37. The van der Waals surface area contributed by atoms with Crippen molar-refractivity contribution in [3.05, 3.63) is 58.1 Å². The number of rotatable bonds is 2. The van der Waals surface area contributed by atoms with E-state index in [1.54, 1.807) is 12.1 Å². The first-order chi connectivity index (χ1) is 11.1. The SMILES string of the molecule is Cc1ncc2c(n1)COC21CN(C(=O)Cc2ccc(Cl)cc2)C1. The van der Waals surface area contributed by atoms with Gasteiger partial charge in [-0.2, -0.15) is 0 Å². The van der Waals surface area contributed by atoms with E-state index in [0.717, 1.165) is 22.6 Å². The summed E-state index contributed by atoms with van der Waals surface area (Å²) in [4.78, 5) is 22.9. The Bertz CT molecular complexity index is 770. The van der Waals surface area contributed by atoms with Crippen molar-refractivity contribution < 1.29 is 9.53 Å². The molecule has 1 aromatic carbocycles.